The first-order valence-electron chi connectivity index (χ1n) is 5.90. The van der Waals surface area contributed by atoms with E-state index in [1.807, 2.05) is 6.20 Å². The van der Waals surface area contributed by atoms with Crippen molar-refractivity contribution in [2.45, 2.75) is 31.6 Å². The summed E-state index contributed by atoms with van der Waals surface area (Å²) in [4.78, 5) is 15.8. The molecule has 0 radical (unpaired) electrons. The van der Waals surface area contributed by atoms with Gasteiger partial charge in [0.15, 0.2) is 0 Å². The van der Waals surface area contributed by atoms with Crippen LogP contribution in [0.25, 0.3) is 0 Å². The Kier molecular flexibility index (Phi) is 2.60. The molecule has 3 rings (SSSR count). The van der Waals surface area contributed by atoms with Gasteiger partial charge < -0.3 is 15.2 Å². The minimum Gasteiger partial charge on any atom is -0.394 e. The van der Waals surface area contributed by atoms with Crippen molar-refractivity contribution in [1.29, 1.82) is 0 Å². The third kappa shape index (κ3) is 1.83. The van der Waals surface area contributed by atoms with Crippen LogP contribution in [0, 0.1) is 0 Å². The molecule has 1 fully saturated rings. The summed E-state index contributed by atoms with van der Waals surface area (Å²) in [5.41, 5.74) is 0.766. The normalized spacial score (nSPS) is 26.9. The molecule has 2 atom stereocenters. The number of ether oxygens (including phenoxy) is 1. The number of aliphatic hydroxyl groups is 1. The van der Waals surface area contributed by atoms with Gasteiger partial charge in [-0.05, 0) is 19.3 Å². The molecule has 0 spiro atoms. The van der Waals surface area contributed by atoms with E-state index in [-0.39, 0.29) is 24.6 Å². The van der Waals surface area contributed by atoms with E-state index in [0.29, 0.717) is 5.82 Å². The highest BCUT2D eigenvalue weighted by atomic mass is 16.5. The maximum atomic E-state index is 11.8. The second-order valence-electron chi connectivity index (χ2n) is 4.45. The SMILES string of the molecule is O=c1nc2c(cn1[C@H]1CCC(CO)O1)CCN2. The fourth-order valence-electron chi connectivity index (χ4n) is 2.39. The maximum absolute atomic E-state index is 11.8. The van der Waals surface area contributed by atoms with Crippen LogP contribution >= 0.6 is 0 Å². The fraction of sp³-hybridized carbons (Fsp3) is 0.636. The molecule has 6 nitrogen and oxygen atoms in total. The Hall–Kier alpha value is -1.40. The van der Waals surface area contributed by atoms with E-state index in [0.717, 1.165) is 31.4 Å². The zero-order valence-electron chi connectivity index (χ0n) is 9.43. The molecular weight excluding hydrogens is 222 g/mol. The second-order valence-corrected chi connectivity index (χ2v) is 4.45. The van der Waals surface area contributed by atoms with Crippen molar-refractivity contribution in [2.75, 3.05) is 18.5 Å². The molecule has 3 heterocycles. The van der Waals surface area contributed by atoms with E-state index in [9.17, 15) is 4.79 Å². The molecule has 0 bridgehead atoms. The summed E-state index contributed by atoms with van der Waals surface area (Å²) in [6.07, 6.45) is 3.81. The van der Waals surface area contributed by atoms with Crippen molar-refractivity contribution in [3.05, 3.63) is 22.2 Å². The van der Waals surface area contributed by atoms with Crippen LogP contribution in [-0.2, 0) is 11.2 Å². The number of fused-ring (bicyclic) bond motifs is 1. The van der Waals surface area contributed by atoms with E-state index >= 15 is 0 Å². The second kappa shape index (κ2) is 4.12. The smallest absolute Gasteiger partial charge is 0.351 e. The lowest BCUT2D eigenvalue weighted by atomic mass is 10.2. The molecular formula is C11H15N3O3. The van der Waals surface area contributed by atoms with E-state index in [4.69, 9.17) is 9.84 Å². The molecule has 1 unspecified atom stereocenters. The predicted molar refractivity (Wildman–Crippen MR) is 60.9 cm³/mol. The average molecular weight is 237 g/mol. The van der Waals surface area contributed by atoms with Gasteiger partial charge in [0.05, 0.1) is 12.7 Å². The Bertz CT molecular complexity index is 485. The molecule has 92 valence electrons. The lowest BCUT2D eigenvalue weighted by Gasteiger charge is -2.15. The third-order valence-electron chi connectivity index (χ3n) is 3.31. The number of rotatable bonds is 2. The van der Waals surface area contributed by atoms with Gasteiger partial charge in [-0.25, -0.2) is 4.79 Å². The zero-order valence-corrected chi connectivity index (χ0v) is 9.43. The van der Waals surface area contributed by atoms with Gasteiger partial charge in [-0.2, -0.15) is 4.98 Å². The van der Waals surface area contributed by atoms with Crippen LogP contribution in [0.2, 0.25) is 0 Å². The Balaban J connectivity index is 1.91. The summed E-state index contributed by atoms with van der Waals surface area (Å²) in [6, 6.07) is 0. The number of hydrogen-bond acceptors (Lipinski definition) is 5. The third-order valence-corrected chi connectivity index (χ3v) is 3.31. The average Bonchev–Trinajstić information content (AvgIpc) is 2.94. The molecule has 2 N–H and O–H groups in total. The number of aliphatic hydroxyl groups excluding tert-OH is 1. The highest BCUT2D eigenvalue weighted by molar-refractivity contribution is 5.47. The molecule has 2 aliphatic heterocycles. The van der Waals surface area contributed by atoms with Gasteiger partial charge in [0.1, 0.15) is 12.0 Å². The van der Waals surface area contributed by atoms with E-state index in [2.05, 4.69) is 10.3 Å². The summed E-state index contributed by atoms with van der Waals surface area (Å²) in [6.45, 7) is 0.835. The lowest BCUT2D eigenvalue weighted by Crippen LogP contribution is -2.28. The zero-order chi connectivity index (χ0) is 11.8. The van der Waals surface area contributed by atoms with Gasteiger partial charge in [0, 0.05) is 18.3 Å². The molecule has 0 aromatic carbocycles. The number of aromatic nitrogens is 2. The van der Waals surface area contributed by atoms with Crippen molar-refractivity contribution in [1.82, 2.24) is 9.55 Å². The van der Waals surface area contributed by atoms with Crippen molar-refractivity contribution in [3.63, 3.8) is 0 Å². The first-order chi connectivity index (χ1) is 8.28. The van der Waals surface area contributed by atoms with Gasteiger partial charge in [0.2, 0.25) is 0 Å². The molecule has 2 aliphatic rings. The molecule has 1 aromatic rings. The van der Waals surface area contributed by atoms with Gasteiger partial charge in [0.25, 0.3) is 0 Å². The molecule has 1 aromatic heterocycles. The van der Waals surface area contributed by atoms with Gasteiger partial charge in [-0.1, -0.05) is 0 Å². The van der Waals surface area contributed by atoms with Crippen LogP contribution in [0.4, 0.5) is 5.82 Å². The standard InChI is InChI=1S/C11H15N3O3/c15-6-8-1-2-9(17-8)14-5-7-3-4-12-10(7)13-11(14)16/h5,8-9,15H,1-4,6H2,(H,12,13,16)/t8?,9-/m1/s1. The summed E-state index contributed by atoms with van der Waals surface area (Å²) in [7, 11) is 0. The first-order valence-corrected chi connectivity index (χ1v) is 5.90. The maximum Gasteiger partial charge on any atom is 0.351 e. The number of nitrogens with one attached hydrogen (secondary N) is 1. The van der Waals surface area contributed by atoms with Crippen molar-refractivity contribution in [3.8, 4) is 0 Å². The number of hydrogen-bond donors (Lipinski definition) is 2. The topological polar surface area (TPSA) is 76.4 Å². The fourth-order valence-corrected chi connectivity index (χ4v) is 2.39. The number of nitrogens with zero attached hydrogens (tertiary/aromatic N) is 2. The Labute approximate surface area is 98.2 Å². The Morgan fingerprint density at radius 3 is 3.24 bits per heavy atom. The Morgan fingerprint density at radius 2 is 2.47 bits per heavy atom. The highest BCUT2D eigenvalue weighted by Crippen LogP contribution is 2.28. The molecule has 17 heavy (non-hydrogen) atoms. The van der Waals surface area contributed by atoms with Gasteiger partial charge in [-0.15, -0.1) is 0 Å². The van der Waals surface area contributed by atoms with E-state index in [1.165, 1.54) is 0 Å². The largest absolute Gasteiger partial charge is 0.394 e. The molecule has 0 saturated carbocycles. The predicted octanol–water partition coefficient (Wildman–Crippen LogP) is -0.119. The van der Waals surface area contributed by atoms with Gasteiger partial charge >= 0.3 is 5.69 Å². The van der Waals surface area contributed by atoms with Crippen LogP contribution < -0.4 is 11.0 Å². The quantitative estimate of drug-likeness (QED) is 0.750. The van der Waals surface area contributed by atoms with Crippen molar-refractivity contribution < 1.29 is 9.84 Å². The molecule has 6 heteroatoms. The van der Waals surface area contributed by atoms with Crippen LogP contribution in [0.1, 0.15) is 24.6 Å². The summed E-state index contributed by atoms with van der Waals surface area (Å²) in [5, 5.41) is 12.1. The first kappa shape index (κ1) is 10.7. The highest BCUT2D eigenvalue weighted by Gasteiger charge is 2.27. The van der Waals surface area contributed by atoms with Crippen molar-refractivity contribution in [2.24, 2.45) is 0 Å². The van der Waals surface area contributed by atoms with Gasteiger partial charge in [-0.3, -0.25) is 4.57 Å². The number of anilines is 1. The molecule has 0 amide bonds. The van der Waals surface area contributed by atoms with Crippen LogP contribution in [-0.4, -0.2) is 33.9 Å². The summed E-state index contributed by atoms with van der Waals surface area (Å²) < 4.78 is 7.13. The van der Waals surface area contributed by atoms with Crippen LogP contribution in [0.15, 0.2) is 11.0 Å². The molecule has 0 aliphatic carbocycles. The summed E-state index contributed by atoms with van der Waals surface area (Å²) in [5.74, 6) is 0.697. The van der Waals surface area contributed by atoms with E-state index < -0.39 is 0 Å². The van der Waals surface area contributed by atoms with Crippen LogP contribution in [0.3, 0.4) is 0 Å². The Morgan fingerprint density at radius 1 is 1.59 bits per heavy atom. The van der Waals surface area contributed by atoms with E-state index in [1.54, 1.807) is 4.57 Å². The monoisotopic (exact) mass is 237 g/mol. The lowest BCUT2D eigenvalue weighted by molar-refractivity contribution is -0.0246. The molecule has 1 saturated heterocycles. The van der Waals surface area contributed by atoms with Crippen LogP contribution in [0.5, 0.6) is 0 Å². The summed E-state index contributed by atoms with van der Waals surface area (Å²) >= 11 is 0. The minimum absolute atomic E-state index is 0.00513. The minimum atomic E-state index is -0.290. The van der Waals surface area contributed by atoms with Crippen molar-refractivity contribution >= 4 is 5.82 Å².